The highest BCUT2D eigenvalue weighted by atomic mass is 32.2. The predicted molar refractivity (Wildman–Crippen MR) is 57.4 cm³/mol. The summed E-state index contributed by atoms with van der Waals surface area (Å²) in [5.74, 6) is 1.40. The fraction of sp³-hybridized carbons (Fsp3) is 0.333. The van der Waals surface area contributed by atoms with E-state index in [1.807, 2.05) is 12.1 Å². The van der Waals surface area contributed by atoms with Gasteiger partial charge in [-0.25, -0.2) is 9.86 Å². The fourth-order valence-corrected chi connectivity index (χ4v) is 1.82. The average molecular weight is 244 g/mol. The molecule has 0 saturated carbocycles. The van der Waals surface area contributed by atoms with Gasteiger partial charge in [-0.3, -0.25) is 0 Å². The van der Waals surface area contributed by atoms with Gasteiger partial charge in [0.15, 0.2) is 11.5 Å². The van der Waals surface area contributed by atoms with E-state index in [-0.39, 0.29) is 13.3 Å². The van der Waals surface area contributed by atoms with E-state index in [4.69, 9.17) is 14.6 Å². The second-order valence-corrected chi connectivity index (χ2v) is 4.76. The molecule has 0 unspecified atom stereocenters. The predicted octanol–water partition coefficient (Wildman–Crippen LogP) is -0.249. The van der Waals surface area contributed by atoms with Crippen molar-refractivity contribution in [3.63, 3.8) is 0 Å². The lowest BCUT2D eigenvalue weighted by molar-refractivity contribution is 0.174. The third-order valence-electron chi connectivity index (χ3n) is 2.15. The number of hydrogen-bond acceptors (Lipinski definition) is 4. The van der Waals surface area contributed by atoms with Gasteiger partial charge in [-0.05, 0) is 24.1 Å². The SMILES string of the molecule is NS(=O)(=O)NCCc1ccc2c(c1)OCO2. The van der Waals surface area contributed by atoms with Crippen LogP contribution in [0.25, 0.3) is 0 Å². The highest BCUT2D eigenvalue weighted by Crippen LogP contribution is 2.32. The Bertz CT molecular complexity index is 486. The van der Waals surface area contributed by atoms with Crippen LogP contribution in [0.4, 0.5) is 0 Å². The molecule has 0 aliphatic carbocycles. The summed E-state index contributed by atoms with van der Waals surface area (Å²) >= 11 is 0. The van der Waals surface area contributed by atoms with E-state index in [2.05, 4.69) is 4.72 Å². The number of benzene rings is 1. The molecule has 6 nitrogen and oxygen atoms in total. The molecule has 2 rings (SSSR count). The summed E-state index contributed by atoms with van der Waals surface area (Å²) in [5.41, 5.74) is 0.959. The number of rotatable bonds is 4. The summed E-state index contributed by atoms with van der Waals surface area (Å²) in [6.45, 7) is 0.493. The summed E-state index contributed by atoms with van der Waals surface area (Å²) in [6, 6.07) is 5.49. The average Bonchev–Trinajstić information content (AvgIpc) is 2.62. The molecule has 0 saturated heterocycles. The third-order valence-corrected chi connectivity index (χ3v) is 2.76. The standard InChI is InChI=1S/C9H12N2O4S/c10-16(12,13)11-4-3-7-1-2-8-9(5-7)15-6-14-8/h1-2,5,11H,3-4,6H2,(H2,10,12,13). The van der Waals surface area contributed by atoms with Crippen molar-refractivity contribution in [3.8, 4) is 11.5 Å². The maximum atomic E-state index is 10.6. The van der Waals surface area contributed by atoms with Gasteiger partial charge < -0.3 is 9.47 Å². The summed E-state index contributed by atoms with van der Waals surface area (Å²) in [7, 11) is -3.61. The Morgan fingerprint density at radius 2 is 2.06 bits per heavy atom. The van der Waals surface area contributed by atoms with E-state index in [1.54, 1.807) is 6.07 Å². The normalized spacial score (nSPS) is 14.1. The topological polar surface area (TPSA) is 90.7 Å². The maximum Gasteiger partial charge on any atom is 0.274 e. The van der Waals surface area contributed by atoms with E-state index < -0.39 is 10.2 Å². The lowest BCUT2D eigenvalue weighted by Crippen LogP contribution is -2.32. The first kappa shape index (κ1) is 11.2. The van der Waals surface area contributed by atoms with E-state index in [1.165, 1.54) is 0 Å². The second kappa shape index (κ2) is 4.28. The van der Waals surface area contributed by atoms with Crippen LogP contribution < -0.4 is 19.3 Å². The quantitative estimate of drug-likeness (QED) is 0.764. The Hall–Kier alpha value is -1.31. The van der Waals surface area contributed by atoms with Crippen LogP contribution in [0.1, 0.15) is 5.56 Å². The molecular weight excluding hydrogens is 232 g/mol. The zero-order chi connectivity index (χ0) is 11.6. The Labute approximate surface area is 93.5 Å². The van der Waals surface area contributed by atoms with E-state index in [9.17, 15) is 8.42 Å². The molecule has 0 amide bonds. The van der Waals surface area contributed by atoms with Crippen molar-refractivity contribution in [2.75, 3.05) is 13.3 Å². The molecule has 7 heteroatoms. The van der Waals surface area contributed by atoms with Crippen molar-refractivity contribution < 1.29 is 17.9 Å². The molecule has 1 heterocycles. The van der Waals surface area contributed by atoms with Gasteiger partial charge in [-0.2, -0.15) is 8.42 Å². The van der Waals surface area contributed by atoms with Gasteiger partial charge >= 0.3 is 0 Å². The van der Waals surface area contributed by atoms with Crippen LogP contribution in [0.2, 0.25) is 0 Å². The van der Waals surface area contributed by atoms with Gasteiger partial charge in [-0.15, -0.1) is 0 Å². The molecule has 1 aromatic carbocycles. The molecule has 3 N–H and O–H groups in total. The third kappa shape index (κ3) is 2.84. The minimum Gasteiger partial charge on any atom is -0.454 e. The van der Waals surface area contributed by atoms with Crippen LogP contribution in [0, 0.1) is 0 Å². The minimum atomic E-state index is -3.61. The molecular formula is C9H12N2O4S. The summed E-state index contributed by atoms with van der Waals surface area (Å²) in [4.78, 5) is 0. The van der Waals surface area contributed by atoms with Crippen molar-refractivity contribution >= 4 is 10.2 Å². The van der Waals surface area contributed by atoms with Crippen LogP contribution in [0.3, 0.4) is 0 Å². The van der Waals surface area contributed by atoms with Crippen molar-refractivity contribution in [2.45, 2.75) is 6.42 Å². The number of ether oxygens (including phenoxy) is 2. The second-order valence-electron chi connectivity index (χ2n) is 3.38. The first-order chi connectivity index (χ1) is 7.54. The molecule has 1 aromatic rings. The molecule has 0 fully saturated rings. The zero-order valence-corrected chi connectivity index (χ0v) is 9.29. The molecule has 16 heavy (non-hydrogen) atoms. The zero-order valence-electron chi connectivity index (χ0n) is 8.47. The monoisotopic (exact) mass is 244 g/mol. The van der Waals surface area contributed by atoms with Gasteiger partial charge in [0, 0.05) is 6.54 Å². The van der Waals surface area contributed by atoms with Gasteiger partial charge in [0.2, 0.25) is 6.79 Å². The number of nitrogens with two attached hydrogens (primary N) is 1. The summed E-state index contributed by atoms with van der Waals surface area (Å²) in [5, 5.41) is 4.81. The summed E-state index contributed by atoms with van der Waals surface area (Å²) < 4.78 is 33.8. The molecule has 0 aromatic heterocycles. The lowest BCUT2D eigenvalue weighted by Gasteiger charge is -2.03. The van der Waals surface area contributed by atoms with Crippen molar-refractivity contribution in [2.24, 2.45) is 5.14 Å². The lowest BCUT2D eigenvalue weighted by atomic mass is 10.1. The van der Waals surface area contributed by atoms with Crippen molar-refractivity contribution in [1.29, 1.82) is 0 Å². The van der Waals surface area contributed by atoms with Crippen LogP contribution in [0.5, 0.6) is 11.5 Å². The highest BCUT2D eigenvalue weighted by Gasteiger charge is 2.13. The van der Waals surface area contributed by atoms with E-state index >= 15 is 0 Å². The molecule has 88 valence electrons. The van der Waals surface area contributed by atoms with Gasteiger partial charge in [-0.1, -0.05) is 6.07 Å². The molecule has 1 aliphatic rings. The Morgan fingerprint density at radius 3 is 2.81 bits per heavy atom. The highest BCUT2D eigenvalue weighted by molar-refractivity contribution is 7.87. The van der Waals surface area contributed by atoms with Gasteiger partial charge in [0.05, 0.1) is 0 Å². The van der Waals surface area contributed by atoms with Crippen molar-refractivity contribution in [1.82, 2.24) is 4.72 Å². The smallest absolute Gasteiger partial charge is 0.274 e. The first-order valence-corrected chi connectivity index (χ1v) is 6.25. The van der Waals surface area contributed by atoms with Crippen LogP contribution in [0.15, 0.2) is 18.2 Å². The first-order valence-electron chi connectivity index (χ1n) is 4.70. The Kier molecular flexibility index (Phi) is 2.99. The summed E-state index contributed by atoms with van der Waals surface area (Å²) in [6.07, 6.45) is 0.549. The fourth-order valence-electron chi connectivity index (χ4n) is 1.43. The minimum absolute atomic E-state index is 0.230. The number of nitrogens with one attached hydrogen (secondary N) is 1. The number of fused-ring (bicyclic) bond motifs is 1. The van der Waals surface area contributed by atoms with Crippen LogP contribution >= 0.6 is 0 Å². The Morgan fingerprint density at radius 1 is 1.31 bits per heavy atom. The molecule has 0 atom stereocenters. The maximum absolute atomic E-state index is 10.6. The molecule has 0 bridgehead atoms. The van der Waals surface area contributed by atoms with E-state index in [0.717, 1.165) is 5.56 Å². The van der Waals surface area contributed by atoms with Crippen LogP contribution in [-0.4, -0.2) is 21.8 Å². The van der Waals surface area contributed by atoms with Crippen molar-refractivity contribution in [3.05, 3.63) is 23.8 Å². The Balaban J connectivity index is 1.95. The molecule has 0 radical (unpaired) electrons. The molecule has 0 spiro atoms. The number of hydrogen-bond donors (Lipinski definition) is 2. The van der Waals surface area contributed by atoms with Crippen LogP contribution in [-0.2, 0) is 16.6 Å². The molecule has 1 aliphatic heterocycles. The largest absolute Gasteiger partial charge is 0.454 e. The van der Waals surface area contributed by atoms with E-state index in [0.29, 0.717) is 17.9 Å². The van der Waals surface area contributed by atoms with Gasteiger partial charge in [0.1, 0.15) is 0 Å². The van der Waals surface area contributed by atoms with Gasteiger partial charge in [0.25, 0.3) is 10.2 Å².